The number of nitrogens with zero attached hydrogens (tertiary/aromatic N) is 3. The number of rotatable bonds is 7. The lowest BCUT2D eigenvalue weighted by atomic mass is 10.1. The van der Waals surface area contributed by atoms with Crippen molar-refractivity contribution in [1.82, 2.24) is 14.7 Å². The van der Waals surface area contributed by atoms with Crippen molar-refractivity contribution in [3.63, 3.8) is 0 Å². The third-order valence-electron chi connectivity index (χ3n) is 4.64. The van der Waals surface area contributed by atoms with Crippen LogP contribution in [0.25, 0.3) is 0 Å². The van der Waals surface area contributed by atoms with E-state index < -0.39 is 0 Å². The van der Waals surface area contributed by atoms with E-state index in [4.69, 9.17) is 4.74 Å². The zero-order valence-corrected chi connectivity index (χ0v) is 14.9. The van der Waals surface area contributed by atoms with E-state index in [0.717, 1.165) is 32.4 Å². The van der Waals surface area contributed by atoms with Crippen LogP contribution in [0.1, 0.15) is 42.9 Å². The molecule has 0 saturated carbocycles. The van der Waals surface area contributed by atoms with Crippen molar-refractivity contribution in [3.05, 3.63) is 53.9 Å². The van der Waals surface area contributed by atoms with Crippen molar-refractivity contribution in [2.24, 2.45) is 0 Å². The standard InChI is InChI=1S/C20H27N3O2/c1-17-13-21-23(14-17)19-9-5-11-22(15-19)20(24)10-6-12-25-16-18-7-3-2-4-8-18/h2-4,7-8,13-14,19H,5-6,9-12,15-16H2,1H3/t19-/m0/s1. The largest absolute Gasteiger partial charge is 0.377 e. The molecule has 25 heavy (non-hydrogen) atoms. The molecule has 2 aromatic rings. The van der Waals surface area contributed by atoms with Crippen LogP contribution in [0.5, 0.6) is 0 Å². The molecule has 1 atom stereocenters. The number of piperidine rings is 1. The van der Waals surface area contributed by atoms with Crippen LogP contribution in [0.4, 0.5) is 0 Å². The number of likely N-dealkylation sites (tertiary alicyclic amines) is 1. The number of aromatic nitrogens is 2. The first kappa shape index (κ1) is 17.7. The molecule has 1 aliphatic rings. The van der Waals surface area contributed by atoms with Crippen LogP contribution < -0.4 is 0 Å². The lowest BCUT2D eigenvalue weighted by molar-refractivity contribution is -0.133. The summed E-state index contributed by atoms with van der Waals surface area (Å²) in [6.45, 7) is 4.91. The molecule has 1 saturated heterocycles. The molecular weight excluding hydrogens is 314 g/mol. The normalized spacial score (nSPS) is 17.6. The number of hydrogen-bond donors (Lipinski definition) is 0. The Bertz CT molecular complexity index is 669. The SMILES string of the molecule is Cc1cnn([C@H]2CCCN(C(=O)CCCOCc3ccccc3)C2)c1. The minimum atomic E-state index is 0.233. The molecule has 1 aliphatic heterocycles. The van der Waals surface area contributed by atoms with Crippen LogP contribution in [0.2, 0.25) is 0 Å². The average Bonchev–Trinajstić information content (AvgIpc) is 3.09. The Kier molecular flexibility index (Phi) is 6.23. The second kappa shape index (κ2) is 8.81. The summed E-state index contributed by atoms with van der Waals surface area (Å²) in [5.74, 6) is 0.233. The second-order valence-corrected chi connectivity index (χ2v) is 6.78. The maximum atomic E-state index is 12.5. The highest BCUT2D eigenvalue weighted by Gasteiger charge is 2.24. The summed E-state index contributed by atoms with van der Waals surface area (Å²) in [6.07, 6.45) is 7.40. The molecule has 2 heterocycles. The lowest BCUT2D eigenvalue weighted by Gasteiger charge is -2.33. The van der Waals surface area contributed by atoms with Crippen molar-refractivity contribution in [2.45, 2.75) is 45.3 Å². The summed E-state index contributed by atoms with van der Waals surface area (Å²) in [4.78, 5) is 14.4. The van der Waals surface area contributed by atoms with E-state index in [0.29, 0.717) is 25.7 Å². The van der Waals surface area contributed by atoms with E-state index in [-0.39, 0.29) is 5.91 Å². The Morgan fingerprint density at radius 2 is 2.16 bits per heavy atom. The van der Waals surface area contributed by atoms with Gasteiger partial charge in [-0.25, -0.2) is 0 Å². The number of amides is 1. The molecule has 1 fully saturated rings. The molecule has 5 nitrogen and oxygen atoms in total. The van der Waals surface area contributed by atoms with Crippen molar-refractivity contribution < 1.29 is 9.53 Å². The third-order valence-corrected chi connectivity index (χ3v) is 4.64. The number of carbonyl (C=O) groups is 1. The maximum absolute atomic E-state index is 12.5. The van der Waals surface area contributed by atoms with Gasteiger partial charge in [0, 0.05) is 32.3 Å². The highest BCUT2D eigenvalue weighted by molar-refractivity contribution is 5.76. The summed E-state index contributed by atoms with van der Waals surface area (Å²) < 4.78 is 7.68. The van der Waals surface area contributed by atoms with Gasteiger partial charge in [0.1, 0.15) is 0 Å². The van der Waals surface area contributed by atoms with Crippen LogP contribution in [0, 0.1) is 6.92 Å². The van der Waals surface area contributed by atoms with Crippen LogP contribution in [0.15, 0.2) is 42.7 Å². The van der Waals surface area contributed by atoms with Gasteiger partial charge in [-0.1, -0.05) is 30.3 Å². The topological polar surface area (TPSA) is 47.4 Å². The molecule has 0 bridgehead atoms. The minimum absolute atomic E-state index is 0.233. The molecule has 134 valence electrons. The van der Waals surface area contributed by atoms with Crippen LogP contribution in [-0.2, 0) is 16.1 Å². The molecule has 0 radical (unpaired) electrons. The predicted molar refractivity (Wildman–Crippen MR) is 97.1 cm³/mol. The summed E-state index contributed by atoms with van der Waals surface area (Å²) >= 11 is 0. The summed E-state index contributed by atoms with van der Waals surface area (Å²) in [6, 6.07) is 10.4. The van der Waals surface area contributed by atoms with E-state index in [1.165, 1.54) is 11.1 Å². The lowest BCUT2D eigenvalue weighted by Crippen LogP contribution is -2.40. The summed E-state index contributed by atoms with van der Waals surface area (Å²) in [5, 5.41) is 4.41. The van der Waals surface area contributed by atoms with Gasteiger partial charge in [0.15, 0.2) is 0 Å². The van der Waals surface area contributed by atoms with Crippen LogP contribution >= 0.6 is 0 Å². The first-order valence-electron chi connectivity index (χ1n) is 9.12. The van der Waals surface area contributed by atoms with Gasteiger partial charge >= 0.3 is 0 Å². The monoisotopic (exact) mass is 341 g/mol. The van der Waals surface area contributed by atoms with E-state index in [1.54, 1.807) is 0 Å². The fourth-order valence-corrected chi connectivity index (χ4v) is 3.28. The second-order valence-electron chi connectivity index (χ2n) is 6.78. The number of benzene rings is 1. The number of carbonyl (C=O) groups excluding carboxylic acids is 1. The van der Waals surface area contributed by atoms with Crippen LogP contribution in [0.3, 0.4) is 0 Å². The smallest absolute Gasteiger partial charge is 0.222 e. The summed E-state index contributed by atoms with van der Waals surface area (Å²) in [5.41, 5.74) is 2.33. The Morgan fingerprint density at radius 3 is 2.92 bits per heavy atom. The van der Waals surface area contributed by atoms with Crippen LogP contribution in [-0.4, -0.2) is 40.3 Å². The van der Waals surface area contributed by atoms with Crippen molar-refractivity contribution in [2.75, 3.05) is 19.7 Å². The minimum Gasteiger partial charge on any atom is -0.377 e. The molecule has 1 amide bonds. The first-order chi connectivity index (χ1) is 12.2. The maximum Gasteiger partial charge on any atom is 0.222 e. The highest BCUT2D eigenvalue weighted by Crippen LogP contribution is 2.22. The molecule has 0 spiro atoms. The Labute approximate surface area is 149 Å². The van der Waals surface area contributed by atoms with Gasteiger partial charge in [-0.15, -0.1) is 0 Å². The highest BCUT2D eigenvalue weighted by atomic mass is 16.5. The third kappa shape index (κ3) is 5.16. The molecular formula is C20H27N3O2. The fourth-order valence-electron chi connectivity index (χ4n) is 3.28. The van der Waals surface area contributed by atoms with Gasteiger partial charge in [0.2, 0.25) is 5.91 Å². The van der Waals surface area contributed by atoms with E-state index in [2.05, 4.69) is 23.4 Å². The molecule has 5 heteroatoms. The molecule has 1 aromatic carbocycles. The number of ether oxygens (including phenoxy) is 1. The average molecular weight is 341 g/mol. The van der Waals surface area contributed by atoms with Gasteiger partial charge in [-0.05, 0) is 37.3 Å². The van der Waals surface area contributed by atoms with E-state index in [9.17, 15) is 4.79 Å². The molecule has 0 N–H and O–H groups in total. The zero-order valence-electron chi connectivity index (χ0n) is 14.9. The van der Waals surface area contributed by atoms with Gasteiger partial charge in [0.05, 0.1) is 18.8 Å². The van der Waals surface area contributed by atoms with E-state index in [1.807, 2.05) is 40.9 Å². The fraction of sp³-hybridized carbons (Fsp3) is 0.500. The Hall–Kier alpha value is -2.14. The van der Waals surface area contributed by atoms with Gasteiger partial charge in [-0.2, -0.15) is 5.10 Å². The van der Waals surface area contributed by atoms with Crippen molar-refractivity contribution in [1.29, 1.82) is 0 Å². The van der Waals surface area contributed by atoms with Gasteiger partial charge in [-0.3, -0.25) is 9.48 Å². The number of aryl methyl sites for hydroxylation is 1. The van der Waals surface area contributed by atoms with Gasteiger partial charge < -0.3 is 9.64 Å². The Morgan fingerprint density at radius 1 is 1.32 bits per heavy atom. The quantitative estimate of drug-likeness (QED) is 0.726. The van der Waals surface area contributed by atoms with Crippen molar-refractivity contribution in [3.8, 4) is 0 Å². The van der Waals surface area contributed by atoms with Crippen molar-refractivity contribution >= 4 is 5.91 Å². The first-order valence-corrected chi connectivity index (χ1v) is 9.12. The zero-order chi connectivity index (χ0) is 17.5. The molecule has 0 unspecified atom stereocenters. The summed E-state index contributed by atoms with van der Waals surface area (Å²) in [7, 11) is 0. The number of hydrogen-bond acceptors (Lipinski definition) is 3. The van der Waals surface area contributed by atoms with E-state index >= 15 is 0 Å². The predicted octanol–water partition coefficient (Wildman–Crippen LogP) is 3.35. The molecule has 3 rings (SSSR count). The Balaban J connectivity index is 1.37. The molecule has 0 aliphatic carbocycles. The van der Waals surface area contributed by atoms with Gasteiger partial charge in [0.25, 0.3) is 0 Å². The molecule has 1 aromatic heterocycles.